The van der Waals surface area contributed by atoms with E-state index < -0.39 is 0 Å². The largest absolute Gasteiger partial charge is 0.302 e. The summed E-state index contributed by atoms with van der Waals surface area (Å²) in [6.07, 6.45) is 3.43. The Morgan fingerprint density at radius 2 is 1.87 bits per heavy atom. The fourth-order valence-electron chi connectivity index (χ4n) is 4.95. The Morgan fingerprint density at radius 3 is 2.52 bits per heavy atom. The van der Waals surface area contributed by atoms with Crippen molar-refractivity contribution in [3.8, 4) is 0 Å². The molecule has 1 fully saturated rings. The van der Waals surface area contributed by atoms with Crippen molar-refractivity contribution in [1.82, 2.24) is 4.90 Å². The molecule has 0 N–H and O–H groups in total. The number of nitrogens with zero attached hydrogens (tertiary/aromatic N) is 1. The molecule has 0 bridgehead atoms. The van der Waals surface area contributed by atoms with Gasteiger partial charge in [0.05, 0.1) is 0 Å². The molecule has 0 spiro atoms. The number of ketones is 2. The van der Waals surface area contributed by atoms with Gasteiger partial charge in [0.1, 0.15) is 5.78 Å². The molecule has 3 rings (SSSR count). The van der Waals surface area contributed by atoms with Gasteiger partial charge in [-0.1, -0.05) is 69.3 Å². The van der Waals surface area contributed by atoms with Crippen LogP contribution in [-0.4, -0.2) is 36.1 Å². The average molecular weight is 420 g/mol. The highest BCUT2D eigenvalue weighted by Crippen LogP contribution is 2.40. The Hall–Kier alpha value is -2.26. The van der Waals surface area contributed by atoms with Crippen LogP contribution >= 0.6 is 0 Å². The lowest BCUT2D eigenvalue weighted by Crippen LogP contribution is -2.49. The van der Waals surface area contributed by atoms with Gasteiger partial charge in [-0.05, 0) is 61.3 Å². The molecule has 3 heteroatoms. The molecule has 31 heavy (non-hydrogen) atoms. The Labute approximate surface area is 187 Å². The van der Waals surface area contributed by atoms with E-state index >= 15 is 0 Å². The molecule has 1 heterocycles. The second kappa shape index (κ2) is 10.4. The SMILES string of the molecule is CCCC(=O)C(Cc1ccccc1)CN1CCC(C)(c2cccc(C(C)=O)c2)C(C)C1. The normalized spacial score (nSPS) is 22.8. The first-order valence-corrected chi connectivity index (χ1v) is 11.7. The Balaban J connectivity index is 1.71. The van der Waals surface area contributed by atoms with Crippen LogP contribution in [0.1, 0.15) is 68.4 Å². The van der Waals surface area contributed by atoms with E-state index in [-0.39, 0.29) is 17.1 Å². The van der Waals surface area contributed by atoms with E-state index in [0.717, 1.165) is 44.5 Å². The van der Waals surface area contributed by atoms with Crippen molar-refractivity contribution in [3.05, 3.63) is 71.3 Å². The van der Waals surface area contributed by atoms with Crippen molar-refractivity contribution in [2.75, 3.05) is 19.6 Å². The summed E-state index contributed by atoms with van der Waals surface area (Å²) >= 11 is 0. The molecular weight excluding hydrogens is 382 g/mol. The number of hydrogen-bond acceptors (Lipinski definition) is 3. The van der Waals surface area contributed by atoms with E-state index in [1.165, 1.54) is 11.1 Å². The van der Waals surface area contributed by atoms with Gasteiger partial charge in [-0.2, -0.15) is 0 Å². The van der Waals surface area contributed by atoms with Crippen molar-refractivity contribution in [3.63, 3.8) is 0 Å². The van der Waals surface area contributed by atoms with Crippen molar-refractivity contribution in [2.24, 2.45) is 11.8 Å². The van der Waals surface area contributed by atoms with Gasteiger partial charge in [-0.25, -0.2) is 0 Å². The predicted octanol–water partition coefficient (Wildman–Crippen LogP) is 5.72. The zero-order valence-corrected chi connectivity index (χ0v) is 19.6. The molecule has 3 nitrogen and oxygen atoms in total. The van der Waals surface area contributed by atoms with Crippen molar-refractivity contribution in [1.29, 1.82) is 0 Å². The molecule has 0 aliphatic carbocycles. The molecule has 166 valence electrons. The monoisotopic (exact) mass is 419 g/mol. The van der Waals surface area contributed by atoms with E-state index in [1.54, 1.807) is 6.92 Å². The van der Waals surface area contributed by atoms with Crippen molar-refractivity contribution in [2.45, 2.75) is 58.8 Å². The highest BCUT2D eigenvalue weighted by Gasteiger charge is 2.39. The molecule has 1 saturated heterocycles. The van der Waals surface area contributed by atoms with E-state index in [0.29, 0.717) is 18.1 Å². The summed E-state index contributed by atoms with van der Waals surface area (Å²) in [4.78, 5) is 27.2. The summed E-state index contributed by atoms with van der Waals surface area (Å²) in [5, 5.41) is 0. The molecule has 0 aromatic heterocycles. The number of piperidine rings is 1. The zero-order chi connectivity index (χ0) is 22.4. The van der Waals surface area contributed by atoms with Crippen LogP contribution in [0.25, 0.3) is 0 Å². The van der Waals surface area contributed by atoms with Crippen LogP contribution in [0.3, 0.4) is 0 Å². The molecule has 0 saturated carbocycles. The maximum atomic E-state index is 12.9. The molecule has 0 radical (unpaired) electrons. The molecular formula is C28H37NO2. The lowest BCUT2D eigenvalue weighted by atomic mass is 9.67. The number of hydrogen-bond donors (Lipinski definition) is 0. The Kier molecular flexibility index (Phi) is 7.83. The number of carbonyl (C=O) groups is 2. The van der Waals surface area contributed by atoms with E-state index in [4.69, 9.17) is 0 Å². The highest BCUT2D eigenvalue weighted by molar-refractivity contribution is 5.94. The third-order valence-electron chi connectivity index (χ3n) is 7.25. The van der Waals surface area contributed by atoms with Gasteiger partial charge in [-0.15, -0.1) is 0 Å². The quantitative estimate of drug-likeness (QED) is 0.488. The summed E-state index contributed by atoms with van der Waals surface area (Å²) in [5.41, 5.74) is 3.34. The summed E-state index contributed by atoms with van der Waals surface area (Å²) in [6, 6.07) is 18.6. The first kappa shape index (κ1) is 23.4. The smallest absolute Gasteiger partial charge is 0.159 e. The third kappa shape index (κ3) is 5.71. The van der Waals surface area contributed by atoms with Gasteiger partial charge < -0.3 is 4.90 Å². The number of Topliss-reactive ketones (excluding diaryl/α,β-unsaturated/α-hetero) is 2. The second-order valence-corrected chi connectivity index (χ2v) is 9.57. The maximum Gasteiger partial charge on any atom is 0.159 e. The standard InChI is InChI=1S/C28H37NO2/c1-5-10-27(31)25(17-23-11-7-6-8-12-23)20-29-16-15-28(4,21(2)19-29)26-14-9-13-24(18-26)22(3)30/h6-9,11-14,18,21,25H,5,10,15-17,19-20H2,1-4H3. The van der Waals surface area contributed by atoms with Gasteiger partial charge >= 0.3 is 0 Å². The predicted molar refractivity (Wildman–Crippen MR) is 128 cm³/mol. The van der Waals surface area contributed by atoms with Crippen LogP contribution in [0.2, 0.25) is 0 Å². The molecule has 2 aromatic rings. The third-order valence-corrected chi connectivity index (χ3v) is 7.25. The topological polar surface area (TPSA) is 37.4 Å². The van der Waals surface area contributed by atoms with Gasteiger partial charge in [0.2, 0.25) is 0 Å². The summed E-state index contributed by atoms with van der Waals surface area (Å²) in [5.74, 6) is 1.01. The molecule has 1 aliphatic rings. The van der Waals surface area contributed by atoms with Crippen molar-refractivity contribution < 1.29 is 9.59 Å². The summed E-state index contributed by atoms with van der Waals surface area (Å²) in [7, 11) is 0. The van der Waals surface area contributed by atoms with Gasteiger partial charge in [-0.3, -0.25) is 9.59 Å². The maximum absolute atomic E-state index is 12.9. The van der Waals surface area contributed by atoms with E-state index in [2.05, 4.69) is 62.1 Å². The van der Waals surface area contributed by atoms with Crippen LogP contribution < -0.4 is 0 Å². The molecule has 3 unspecified atom stereocenters. The second-order valence-electron chi connectivity index (χ2n) is 9.57. The first-order chi connectivity index (χ1) is 14.8. The molecule has 3 atom stereocenters. The average Bonchev–Trinajstić information content (AvgIpc) is 2.77. The Morgan fingerprint density at radius 1 is 1.13 bits per heavy atom. The summed E-state index contributed by atoms with van der Waals surface area (Å²) < 4.78 is 0. The van der Waals surface area contributed by atoms with Crippen LogP contribution in [0.5, 0.6) is 0 Å². The number of carbonyl (C=O) groups excluding carboxylic acids is 2. The lowest BCUT2D eigenvalue weighted by molar-refractivity contribution is -0.123. The van der Waals surface area contributed by atoms with Gasteiger partial charge in [0, 0.05) is 31.0 Å². The lowest BCUT2D eigenvalue weighted by Gasteiger charge is -2.46. The minimum Gasteiger partial charge on any atom is -0.302 e. The Bertz CT molecular complexity index is 891. The minimum atomic E-state index is 0.0459. The first-order valence-electron chi connectivity index (χ1n) is 11.7. The van der Waals surface area contributed by atoms with Crippen LogP contribution in [0, 0.1) is 11.8 Å². The van der Waals surface area contributed by atoms with Gasteiger partial charge in [0.25, 0.3) is 0 Å². The molecule has 2 aromatic carbocycles. The number of benzene rings is 2. The fourth-order valence-corrected chi connectivity index (χ4v) is 4.95. The highest BCUT2D eigenvalue weighted by atomic mass is 16.1. The summed E-state index contributed by atoms with van der Waals surface area (Å²) in [6.45, 7) is 11.2. The van der Waals surface area contributed by atoms with Crippen LogP contribution in [0.4, 0.5) is 0 Å². The molecule has 0 amide bonds. The zero-order valence-electron chi connectivity index (χ0n) is 19.6. The van der Waals surface area contributed by atoms with Crippen molar-refractivity contribution >= 4 is 11.6 Å². The van der Waals surface area contributed by atoms with E-state index in [1.807, 2.05) is 18.2 Å². The van der Waals surface area contributed by atoms with Gasteiger partial charge in [0.15, 0.2) is 5.78 Å². The number of rotatable bonds is 9. The number of likely N-dealkylation sites (tertiary alicyclic amines) is 1. The van der Waals surface area contributed by atoms with E-state index in [9.17, 15) is 9.59 Å². The van der Waals surface area contributed by atoms with Crippen LogP contribution in [0.15, 0.2) is 54.6 Å². The van der Waals surface area contributed by atoms with Crippen LogP contribution in [-0.2, 0) is 16.6 Å². The fraction of sp³-hybridized carbons (Fsp3) is 0.500. The minimum absolute atomic E-state index is 0.0459. The molecule has 1 aliphatic heterocycles.